The molecule has 3 rings (SSSR count). The fourth-order valence-corrected chi connectivity index (χ4v) is 4.00. The van der Waals surface area contributed by atoms with E-state index in [1.807, 2.05) is 0 Å². The topological polar surface area (TPSA) is 72.8 Å². The number of carbonyl (C=O) groups is 2. The summed E-state index contributed by atoms with van der Waals surface area (Å²) in [7, 11) is 1.54. The van der Waals surface area contributed by atoms with Gasteiger partial charge in [0.25, 0.3) is 0 Å². The van der Waals surface area contributed by atoms with Gasteiger partial charge in [-0.05, 0) is 50.1 Å². The first kappa shape index (κ1) is 23.7. The van der Waals surface area contributed by atoms with Crippen LogP contribution < -0.4 is 4.74 Å². The minimum atomic E-state index is -2.86. The summed E-state index contributed by atoms with van der Waals surface area (Å²) >= 11 is 0. The first-order valence-corrected chi connectivity index (χ1v) is 10.5. The molecule has 1 aliphatic rings. The predicted molar refractivity (Wildman–Crippen MR) is 120 cm³/mol. The number of halogens is 1. The van der Waals surface area contributed by atoms with Crippen LogP contribution in [0.5, 0.6) is 5.75 Å². The average Bonchev–Trinajstić information content (AvgIpc) is 2.74. The summed E-state index contributed by atoms with van der Waals surface area (Å²) in [6, 6.07) is 15.4. The fraction of sp³-hybridized carbons (Fsp3) is 0.385. The van der Waals surface area contributed by atoms with Gasteiger partial charge < -0.3 is 14.6 Å². The van der Waals surface area contributed by atoms with Gasteiger partial charge >= 0.3 is 5.97 Å². The third kappa shape index (κ3) is 4.75. The number of aliphatic hydroxyl groups is 1. The Kier molecular flexibility index (Phi) is 6.56. The van der Waals surface area contributed by atoms with Gasteiger partial charge in [-0.1, -0.05) is 48.5 Å². The first-order chi connectivity index (χ1) is 15.0. The molecule has 2 aromatic rings. The molecule has 170 valence electrons. The van der Waals surface area contributed by atoms with Gasteiger partial charge in [-0.2, -0.15) is 0 Å². The van der Waals surface area contributed by atoms with Crippen molar-refractivity contribution in [2.45, 2.75) is 56.4 Å². The Morgan fingerprint density at radius 3 is 2.31 bits per heavy atom. The van der Waals surface area contributed by atoms with Crippen LogP contribution in [-0.2, 0) is 14.3 Å². The summed E-state index contributed by atoms with van der Waals surface area (Å²) in [6.45, 7) is 4.89. The van der Waals surface area contributed by atoms with Crippen molar-refractivity contribution < 1.29 is 28.6 Å². The predicted octanol–water partition coefficient (Wildman–Crippen LogP) is 4.64. The molecule has 0 saturated heterocycles. The van der Waals surface area contributed by atoms with E-state index in [1.54, 1.807) is 82.5 Å². The van der Waals surface area contributed by atoms with E-state index in [2.05, 4.69) is 0 Å². The Bertz CT molecular complexity index is 993. The molecule has 0 unspecified atom stereocenters. The molecule has 1 aliphatic carbocycles. The number of ether oxygens (including phenoxy) is 2. The zero-order valence-electron chi connectivity index (χ0n) is 18.8. The van der Waals surface area contributed by atoms with Crippen LogP contribution in [0.1, 0.15) is 50.7 Å². The van der Waals surface area contributed by atoms with E-state index in [4.69, 9.17) is 9.47 Å². The van der Waals surface area contributed by atoms with Crippen molar-refractivity contribution in [2.24, 2.45) is 0 Å². The zero-order chi connectivity index (χ0) is 23.6. The molecule has 1 N–H and O–H groups in total. The van der Waals surface area contributed by atoms with Crippen LogP contribution in [-0.4, -0.2) is 40.8 Å². The van der Waals surface area contributed by atoms with Crippen LogP contribution in [0, 0.1) is 0 Å². The lowest BCUT2D eigenvalue weighted by Crippen LogP contribution is -2.63. The molecule has 0 spiro atoms. The minimum Gasteiger partial charge on any atom is -0.497 e. The van der Waals surface area contributed by atoms with Gasteiger partial charge in [-0.15, -0.1) is 0 Å². The van der Waals surface area contributed by atoms with E-state index in [-0.39, 0.29) is 12.2 Å². The number of methoxy groups -OCH3 is 1. The summed E-state index contributed by atoms with van der Waals surface area (Å²) in [6.07, 6.45) is 1.96. The lowest BCUT2D eigenvalue weighted by atomic mass is 9.63. The van der Waals surface area contributed by atoms with Crippen LogP contribution in [0.25, 0.3) is 6.08 Å². The molecule has 0 aliphatic heterocycles. The van der Waals surface area contributed by atoms with Gasteiger partial charge in [0.05, 0.1) is 7.11 Å². The molecule has 32 heavy (non-hydrogen) atoms. The van der Waals surface area contributed by atoms with Gasteiger partial charge in [0.15, 0.2) is 0 Å². The third-order valence-electron chi connectivity index (χ3n) is 5.57. The Hall–Kier alpha value is -2.99. The summed E-state index contributed by atoms with van der Waals surface area (Å²) in [5.41, 5.74) is -5.12. The van der Waals surface area contributed by atoms with Gasteiger partial charge in [0.2, 0.25) is 5.67 Å². The number of esters is 1. The van der Waals surface area contributed by atoms with Gasteiger partial charge in [0, 0.05) is 18.8 Å². The molecule has 1 saturated carbocycles. The molecule has 0 amide bonds. The highest BCUT2D eigenvalue weighted by molar-refractivity contribution is 5.92. The summed E-state index contributed by atoms with van der Waals surface area (Å²) in [5.74, 6) is -2.07. The minimum absolute atomic E-state index is 0.210. The fourth-order valence-electron chi connectivity index (χ4n) is 4.00. The largest absolute Gasteiger partial charge is 0.497 e. The maximum absolute atomic E-state index is 16.9. The molecule has 5 nitrogen and oxygen atoms in total. The second kappa shape index (κ2) is 8.87. The SMILES string of the molecule is COc1ccc(/C=C/[C@@]2(O)CC(=O)C[C@@H](c3ccccc3)[C@]2(F)C(=O)OC(C)(C)C)cc1. The van der Waals surface area contributed by atoms with Crippen molar-refractivity contribution in [3.05, 3.63) is 71.8 Å². The number of carbonyl (C=O) groups excluding carboxylic acids is 2. The number of rotatable bonds is 5. The standard InChI is InChI=1S/C26H29FO5/c1-24(2,3)32-23(29)26(27)22(19-8-6-5-7-9-19)16-20(28)17-25(26,30)15-14-18-10-12-21(31-4)13-11-18/h5-15,22,30H,16-17H2,1-4H3/b15-14+/t22-,25+,26-/m0/s1. The van der Waals surface area contributed by atoms with Crippen molar-refractivity contribution in [1.29, 1.82) is 0 Å². The summed E-state index contributed by atoms with van der Waals surface area (Å²) in [4.78, 5) is 25.8. The zero-order valence-corrected chi connectivity index (χ0v) is 18.8. The number of alkyl halides is 1. The molecular formula is C26H29FO5. The molecule has 0 radical (unpaired) electrons. The number of ketones is 1. The Balaban J connectivity index is 2.09. The molecule has 6 heteroatoms. The summed E-state index contributed by atoms with van der Waals surface area (Å²) in [5, 5.41) is 11.5. The highest BCUT2D eigenvalue weighted by atomic mass is 19.1. The van der Waals surface area contributed by atoms with Crippen molar-refractivity contribution in [3.63, 3.8) is 0 Å². The molecule has 3 atom stereocenters. The summed E-state index contributed by atoms with van der Waals surface area (Å²) < 4.78 is 27.5. The number of hydrogen-bond acceptors (Lipinski definition) is 5. The van der Waals surface area contributed by atoms with Gasteiger partial charge in [-0.25, -0.2) is 9.18 Å². The van der Waals surface area contributed by atoms with Crippen LogP contribution in [0.2, 0.25) is 0 Å². The molecular weight excluding hydrogens is 411 g/mol. The highest BCUT2D eigenvalue weighted by Crippen LogP contribution is 2.50. The van der Waals surface area contributed by atoms with E-state index in [0.717, 1.165) is 0 Å². The molecule has 2 aromatic carbocycles. The van der Waals surface area contributed by atoms with Crippen molar-refractivity contribution in [1.82, 2.24) is 0 Å². The van der Waals surface area contributed by atoms with Crippen molar-refractivity contribution in [2.75, 3.05) is 7.11 Å². The second-order valence-corrected chi connectivity index (χ2v) is 9.13. The molecule has 0 bridgehead atoms. The van der Waals surface area contributed by atoms with E-state index >= 15 is 4.39 Å². The van der Waals surface area contributed by atoms with Crippen molar-refractivity contribution >= 4 is 17.8 Å². The molecule has 0 heterocycles. The smallest absolute Gasteiger partial charge is 0.348 e. The monoisotopic (exact) mass is 440 g/mol. The van der Waals surface area contributed by atoms with Crippen molar-refractivity contribution in [3.8, 4) is 5.75 Å². The van der Waals surface area contributed by atoms with E-state index in [1.165, 1.54) is 12.2 Å². The van der Waals surface area contributed by atoms with Crippen LogP contribution in [0.4, 0.5) is 4.39 Å². The van der Waals surface area contributed by atoms with Gasteiger partial charge in [0.1, 0.15) is 22.7 Å². The second-order valence-electron chi connectivity index (χ2n) is 9.13. The Labute approximate surface area is 187 Å². The third-order valence-corrected chi connectivity index (χ3v) is 5.57. The van der Waals surface area contributed by atoms with E-state index < -0.39 is 35.2 Å². The number of benzene rings is 2. The Morgan fingerprint density at radius 2 is 1.75 bits per heavy atom. The van der Waals surface area contributed by atoms with E-state index in [0.29, 0.717) is 16.9 Å². The van der Waals surface area contributed by atoms with Crippen LogP contribution in [0.15, 0.2) is 60.7 Å². The maximum atomic E-state index is 16.9. The normalized spacial score (nSPS) is 26.2. The quantitative estimate of drug-likeness (QED) is 0.686. The lowest BCUT2D eigenvalue weighted by Gasteiger charge is -2.46. The Morgan fingerprint density at radius 1 is 1.12 bits per heavy atom. The number of Topliss-reactive ketones (excluding diaryl/α,β-unsaturated/α-hetero) is 1. The van der Waals surface area contributed by atoms with E-state index in [9.17, 15) is 14.7 Å². The first-order valence-electron chi connectivity index (χ1n) is 10.5. The van der Waals surface area contributed by atoms with Crippen LogP contribution >= 0.6 is 0 Å². The number of hydrogen-bond donors (Lipinski definition) is 1. The molecule has 0 aromatic heterocycles. The molecule has 1 fully saturated rings. The maximum Gasteiger partial charge on any atom is 0.348 e. The highest BCUT2D eigenvalue weighted by Gasteiger charge is 2.66. The van der Waals surface area contributed by atoms with Gasteiger partial charge in [-0.3, -0.25) is 4.79 Å². The lowest BCUT2D eigenvalue weighted by molar-refractivity contribution is -0.194. The average molecular weight is 441 g/mol. The van der Waals surface area contributed by atoms with Crippen LogP contribution in [0.3, 0.4) is 0 Å².